The van der Waals surface area contributed by atoms with Gasteiger partial charge in [-0.2, -0.15) is 18.3 Å². The number of pyridine rings is 1. The average Bonchev–Trinajstić information content (AvgIpc) is 3.44. The molecule has 1 saturated heterocycles. The minimum Gasteiger partial charge on any atom is -0.480 e. The summed E-state index contributed by atoms with van der Waals surface area (Å²) in [6.07, 6.45) is -4.06. The van der Waals surface area contributed by atoms with E-state index in [2.05, 4.69) is 20.4 Å². The first-order valence-corrected chi connectivity index (χ1v) is 11.1. The molecule has 37 heavy (non-hydrogen) atoms. The van der Waals surface area contributed by atoms with Gasteiger partial charge < -0.3 is 25.6 Å². The summed E-state index contributed by atoms with van der Waals surface area (Å²) in [7, 11) is 2.84. The number of nitrogen functional groups attached to an aromatic ring is 1. The van der Waals surface area contributed by atoms with Gasteiger partial charge in [-0.05, 0) is 19.1 Å². The quantitative estimate of drug-likeness (QED) is 0.490. The Balaban J connectivity index is 1.67. The Hall–Kier alpha value is -4.17. The number of likely N-dealkylation sites (tertiary alicyclic amines) is 1. The third kappa shape index (κ3) is 4.80. The van der Waals surface area contributed by atoms with Crippen molar-refractivity contribution in [2.45, 2.75) is 25.3 Å². The molecule has 4 rings (SSSR count). The van der Waals surface area contributed by atoms with E-state index in [-0.39, 0.29) is 47.6 Å². The smallest absolute Gasteiger partial charge is 0.418 e. The summed E-state index contributed by atoms with van der Waals surface area (Å²) >= 11 is 0. The highest BCUT2D eigenvalue weighted by Gasteiger charge is 2.39. The Kier molecular flexibility index (Phi) is 6.80. The number of aromatic nitrogens is 4. The molecule has 0 spiro atoms. The second-order valence-electron chi connectivity index (χ2n) is 8.43. The van der Waals surface area contributed by atoms with Gasteiger partial charge in [0.25, 0.3) is 5.91 Å². The van der Waals surface area contributed by atoms with Crippen molar-refractivity contribution in [2.75, 3.05) is 39.5 Å². The zero-order valence-corrected chi connectivity index (χ0v) is 20.1. The summed E-state index contributed by atoms with van der Waals surface area (Å²) in [6, 6.07) is 0.712. The zero-order valence-electron chi connectivity index (χ0n) is 20.1. The van der Waals surface area contributed by atoms with Crippen molar-refractivity contribution in [1.82, 2.24) is 34.7 Å². The topological polar surface area (TPSA) is 131 Å². The van der Waals surface area contributed by atoms with Crippen LogP contribution in [0, 0.1) is 0 Å². The van der Waals surface area contributed by atoms with E-state index in [1.54, 1.807) is 14.0 Å². The van der Waals surface area contributed by atoms with Crippen molar-refractivity contribution < 1.29 is 31.9 Å². The Morgan fingerprint density at radius 1 is 1.27 bits per heavy atom. The van der Waals surface area contributed by atoms with Crippen LogP contribution in [0.4, 0.5) is 28.2 Å². The molecular formula is C22H24F4N8O3. The van der Waals surface area contributed by atoms with Gasteiger partial charge in [-0.15, -0.1) is 0 Å². The Morgan fingerprint density at radius 3 is 2.65 bits per heavy atom. The minimum absolute atomic E-state index is 0.0516. The predicted octanol–water partition coefficient (Wildman–Crippen LogP) is 2.22. The molecule has 11 nitrogen and oxygen atoms in total. The van der Waals surface area contributed by atoms with Gasteiger partial charge in [0, 0.05) is 31.9 Å². The molecule has 2 atom stereocenters. The fraction of sp³-hybridized carbons (Fsp3) is 0.409. The van der Waals surface area contributed by atoms with E-state index < -0.39 is 35.4 Å². The lowest BCUT2D eigenvalue weighted by Gasteiger charge is -2.23. The molecule has 0 aromatic carbocycles. The van der Waals surface area contributed by atoms with Crippen LogP contribution in [0.3, 0.4) is 0 Å². The van der Waals surface area contributed by atoms with Crippen molar-refractivity contribution in [1.29, 1.82) is 0 Å². The van der Waals surface area contributed by atoms with E-state index in [9.17, 15) is 27.2 Å². The molecule has 3 amide bonds. The number of carbonyl (C=O) groups excluding carboxylic acids is 2. The number of carbonyl (C=O) groups is 2. The molecule has 198 valence electrons. The Labute approximate surface area is 208 Å². The largest absolute Gasteiger partial charge is 0.480 e. The van der Waals surface area contributed by atoms with Crippen LogP contribution in [0.2, 0.25) is 0 Å². The molecule has 15 heteroatoms. The maximum atomic E-state index is 14.7. The number of amides is 3. The molecule has 0 radical (unpaired) electrons. The monoisotopic (exact) mass is 524 g/mol. The summed E-state index contributed by atoms with van der Waals surface area (Å²) < 4.78 is 61.9. The van der Waals surface area contributed by atoms with Crippen LogP contribution in [-0.2, 0) is 6.18 Å². The van der Waals surface area contributed by atoms with E-state index in [0.29, 0.717) is 6.54 Å². The molecule has 3 aromatic rings. The molecule has 3 aromatic heterocycles. The summed E-state index contributed by atoms with van der Waals surface area (Å²) in [5, 5.41) is 6.42. The highest BCUT2D eigenvalue weighted by molar-refractivity contribution is 5.98. The lowest BCUT2D eigenvalue weighted by atomic mass is 10.1. The number of alkyl halides is 4. The summed E-state index contributed by atoms with van der Waals surface area (Å²) in [4.78, 5) is 35.9. The zero-order chi connectivity index (χ0) is 27.1. The van der Waals surface area contributed by atoms with E-state index in [0.717, 1.165) is 16.9 Å². The number of ether oxygens (including phenoxy) is 1. The van der Waals surface area contributed by atoms with Crippen LogP contribution in [0.5, 0.6) is 5.88 Å². The van der Waals surface area contributed by atoms with E-state index in [4.69, 9.17) is 10.5 Å². The highest BCUT2D eigenvalue weighted by atomic mass is 19.4. The molecule has 1 fully saturated rings. The van der Waals surface area contributed by atoms with Gasteiger partial charge in [-0.25, -0.2) is 23.7 Å². The number of nitrogens with two attached hydrogens (primary N) is 1. The van der Waals surface area contributed by atoms with Crippen LogP contribution >= 0.6 is 0 Å². The van der Waals surface area contributed by atoms with Crippen molar-refractivity contribution in [3.05, 3.63) is 35.8 Å². The van der Waals surface area contributed by atoms with E-state index in [1.165, 1.54) is 29.2 Å². The first-order valence-electron chi connectivity index (χ1n) is 11.1. The number of halogens is 4. The van der Waals surface area contributed by atoms with E-state index >= 15 is 0 Å². The fourth-order valence-electron chi connectivity index (χ4n) is 4.09. The maximum absolute atomic E-state index is 14.7. The van der Waals surface area contributed by atoms with Crippen LogP contribution in [-0.4, -0.2) is 87.3 Å². The third-order valence-corrected chi connectivity index (χ3v) is 6.11. The molecule has 3 N–H and O–H groups in total. The van der Waals surface area contributed by atoms with Crippen molar-refractivity contribution >= 4 is 23.3 Å². The third-order valence-electron chi connectivity index (χ3n) is 6.11. The van der Waals surface area contributed by atoms with Crippen LogP contribution < -0.4 is 15.8 Å². The lowest BCUT2D eigenvalue weighted by molar-refractivity contribution is -0.136. The number of rotatable bonds is 5. The minimum atomic E-state index is -4.75. The first kappa shape index (κ1) is 25.9. The number of hydrogen-bond donors (Lipinski definition) is 2. The molecule has 1 aliphatic rings. The maximum Gasteiger partial charge on any atom is 0.418 e. The summed E-state index contributed by atoms with van der Waals surface area (Å²) in [6.45, 7) is 1.96. The molecule has 0 unspecified atom stereocenters. The average molecular weight is 524 g/mol. The SMILES string of the molecule is CCN(C)C(=O)N1C[C@H](F)[C@H](NC(=O)c2cc(-c3cc(C(F)(F)F)c4c(N)ncnn34)cnc2OC)C1. The standard InChI is InChI=1S/C22H24F4N8O3/c1-4-32(2)21(36)33-8-14(23)15(9-33)31-19(35)12-5-11(7-28-20(12)37-3)16-6-13(22(24,25)26)17-18(27)29-10-30-34(16)17/h5-7,10,14-15H,4,8-9H2,1-3H3,(H,31,35)(H2,27,29,30)/t14-,15+/m0/s1. The van der Waals surface area contributed by atoms with Crippen molar-refractivity contribution in [2.24, 2.45) is 0 Å². The Morgan fingerprint density at radius 2 is 2.00 bits per heavy atom. The summed E-state index contributed by atoms with van der Waals surface area (Å²) in [5.74, 6) is -1.28. The lowest BCUT2D eigenvalue weighted by Crippen LogP contribution is -2.43. The number of methoxy groups -OCH3 is 1. The summed E-state index contributed by atoms with van der Waals surface area (Å²) in [5.41, 5.74) is 4.09. The molecule has 4 heterocycles. The van der Waals surface area contributed by atoms with Gasteiger partial charge in [0.2, 0.25) is 5.88 Å². The molecular weight excluding hydrogens is 500 g/mol. The number of urea groups is 1. The van der Waals surface area contributed by atoms with Crippen molar-refractivity contribution in [3.63, 3.8) is 0 Å². The van der Waals surface area contributed by atoms with Gasteiger partial charge in [-0.3, -0.25) is 4.79 Å². The number of nitrogens with zero attached hydrogens (tertiary/aromatic N) is 6. The van der Waals surface area contributed by atoms with Crippen LogP contribution in [0.25, 0.3) is 16.8 Å². The number of nitrogens with one attached hydrogen (secondary N) is 1. The van der Waals surface area contributed by atoms with Gasteiger partial charge in [0.15, 0.2) is 5.82 Å². The second-order valence-corrected chi connectivity index (χ2v) is 8.43. The van der Waals surface area contributed by atoms with Gasteiger partial charge in [-0.1, -0.05) is 0 Å². The fourth-order valence-corrected chi connectivity index (χ4v) is 4.09. The van der Waals surface area contributed by atoms with E-state index in [1.807, 2.05) is 0 Å². The van der Waals surface area contributed by atoms with Crippen LogP contribution in [0.1, 0.15) is 22.8 Å². The molecule has 0 saturated carbocycles. The van der Waals surface area contributed by atoms with Gasteiger partial charge >= 0.3 is 12.2 Å². The normalized spacial score (nSPS) is 17.8. The molecule has 0 bridgehead atoms. The van der Waals surface area contributed by atoms with Gasteiger partial charge in [0.05, 0.1) is 31.0 Å². The van der Waals surface area contributed by atoms with Gasteiger partial charge in [0.1, 0.15) is 23.6 Å². The predicted molar refractivity (Wildman–Crippen MR) is 124 cm³/mol. The number of anilines is 1. The number of fused-ring (bicyclic) bond motifs is 1. The second kappa shape index (κ2) is 9.71. The number of hydrogen-bond acceptors (Lipinski definition) is 7. The Bertz CT molecular complexity index is 1350. The first-order chi connectivity index (χ1) is 17.5. The van der Waals surface area contributed by atoms with Crippen molar-refractivity contribution in [3.8, 4) is 17.1 Å². The molecule has 1 aliphatic heterocycles. The van der Waals surface area contributed by atoms with Crippen LogP contribution in [0.15, 0.2) is 24.7 Å². The molecule has 0 aliphatic carbocycles. The highest BCUT2D eigenvalue weighted by Crippen LogP contribution is 2.39.